The standard InChI is InChI=1S/C26H35N5O3S/c1-3-20(2)24(28-25-22-12-7-8-13-23(22)35(33,34)29-25)26(32)27-14-9-15-30-16-18-31(19-17-30)21-10-5-4-6-11-21/h4-8,10-13,20,24H,3,9,14-19H2,1-2H3,(H,27,32)(H,28,29)/t20-,24-/m0/s1. The Bertz CT molecular complexity index is 1140. The predicted molar refractivity (Wildman–Crippen MR) is 139 cm³/mol. The van der Waals surface area contributed by atoms with E-state index < -0.39 is 16.1 Å². The molecule has 2 N–H and O–H groups in total. The van der Waals surface area contributed by atoms with Gasteiger partial charge in [0, 0.05) is 44.0 Å². The van der Waals surface area contributed by atoms with Gasteiger partial charge in [-0.2, -0.15) is 0 Å². The Labute approximate surface area is 208 Å². The van der Waals surface area contributed by atoms with Crippen LogP contribution < -0.4 is 14.9 Å². The highest BCUT2D eigenvalue weighted by Crippen LogP contribution is 2.24. The molecule has 35 heavy (non-hydrogen) atoms. The molecular weight excluding hydrogens is 462 g/mol. The lowest BCUT2D eigenvalue weighted by Crippen LogP contribution is -2.47. The molecule has 4 rings (SSSR count). The maximum Gasteiger partial charge on any atom is 0.263 e. The molecule has 1 saturated heterocycles. The molecule has 0 aromatic heterocycles. The maximum atomic E-state index is 13.0. The number of amides is 1. The van der Waals surface area contributed by atoms with Gasteiger partial charge in [-0.05, 0) is 43.1 Å². The smallest absolute Gasteiger partial charge is 0.263 e. The number of nitrogens with zero attached hydrogens (tertiary/aromatic N) is 3. The first-order valence-electron chi connectivity index (χ1n) is 12.4. The van der Waals surface area contributed by atoms with Gasteiger partial charge < -0.3 is 10.2 Å². The van der Waals surface area contributed by atoms with Crippen LogP contribution in [0.2, 0.25) is 0 Å². The van der Waals surface area contributed by atoms with Crippen molar-refractivity contribution in [3.05, 3.63) is 60.2 Å². The molecule has 2 aliphatic heterocycles. The summed E-state index contributed by atoms with van der Waals surface area (Å²) in [7, 11) is -3.64. The number of piperazine rings is 1. The van der Waals surface area contributed by atoms with Gasteiger partial charge in [-0.15, -0.1) is 0 Å². The molecule has 2 aromatic carbocycles. The topological polar surface area (TPSA) is 94.1 Å². The number of amidine groups is 1. The lowest BCUT2D eigenvalue weighted by atomic mass is 9.98. The predicted octanol–water partition coefficient (Wildman–Crippen LogP) is 2.47. The van der Waals surface area contributed by atoms with Crippen molar-refractivity contribution in [3.8, 4) is 0 Å². The number of rotatable bonds is 9. The number of aliphatic imine (C=N–C) groups is 1. The number of anilines is 1. The van der Waals surface area contributed by atoms with Gasteiger partial charge in [0.15, 0.2) is 0 Å². The van der Waals surface area contributed by atoms with Crippen molar-refractivity contribution < 1.29 is 13.2 Å². The van der Waals surface area contributed by atoms with E-state index in [0.29, 0.717) is 12.1 Å². The Balaban J connectivity index is 1.29. The molecule has 0 unspecified atom stereocenters. The largest absolute Gasteiger partial charge is 0.369 e. The Morgan fingerprint density at radius 2 is 1.74 bits per heavy atom. The van der Waals surface area contributed by atoms with Gasteiger partial charge >= 0.3 is 0 Å². The van der Waals surface area contributed by atoms with E-state index in [0.717, 1.165) is 45.6 Å². The highest BCUT2D eigenvalue weighted by molar-refractivity contribution is 7.90. The third-order valence-corrected chi connectivity index (χ3v) is 8.22. The molecule has 0 saturated carbocycles. The molecule has 8 nitrogen and oxygen atoms in total. The van der Waals surface area contributed by atoms with Crippen LogP contribution >= 0.6 is 0 Å². The van der Waals surface area contributed by atoms with Crippen LogP contribution in [-0.2, 0) is 14.8 Å². The number of carbonyl (C=O) groups is 1. The van der Waals surface area contributed by atoms with Gasteiger partial charge in [0.05, 0.1) is 4.90 Å². The Hall–Kier alpha value is -2.91. The highest BCUT2D eigenvalue weighted by atomic mass is 32.2. The van der Waals surface area contributed by atoms with E-state index >= 15 is 0 Å². The molecule has 2 atom stereocenters. The molecule has 9 heteroatoms. The number of carbonyl (C=O) groups excluding carboxylic acids is 1. The van der Waals surface area contributed by atoms with Crippen LogP contribution in [0.15, 0.2) is 64.5 Å². The summed E-state index contributed by atoms with van der Waals surface area (Å²) in [6.45, 7) is 9.49. The summed E-state index contributed by atoms with van der Waals surface area (Å²) in [5.74, 6) is 0.0625. The number of para-hydroxylation sites is 1. The number of benzene rings is 2. The van der Waals surface area contributed by atoms with E-state index in [-0.39, 0.29) is 22.6 Å². The minimum Gasteiger partial charge on any atom is -0.369 e. The highest BCUT2D eigenvalue weighted by Gasteiger charge is 2.33. The summed E-state index contributed by atoms with van der Waals surface area (Å²) < 4.78 is 27.3. The van der Waals surface area contributed by atoms with Crippen LogP contribution in [0.1, 0.15) is 32.3 Å². The van der Waals surface area contributed by atoms with Gasteiger partial charge in [-0.25, -0.2) is 8.42 Å². The number of sulfonamides is 1. The molecular formula is C26H35N5O3S. The average Bonchev–Trinajstić information content (AvgIpc) is 3.15. The lowest BCUT2D eigenvalue weighted by Gasteiger charge is -2.36. The Morgan fingerprint density at radius 3 is 2.46 bits per heavy atom. The van der Waals surface area contributed by atoms with Crippen LogP contribution in [0.4, 0.5) is 5.69 Å². The second-order valence-electron chi connectivity index (χ2n) is 9.22. The van der Waals surface area contributed by atoms with Crippen molar-refractivity contribution in [2.24, 2.45) is 10.9 Å². The monoisotopic (exact) mass is 497 g/mol. The van der Waals surface area contributed by atoms with Gasteiger partial charge in [0.2, 0.25) is 5.91 Å². The van der Waals surface area contributed by atoms with E-state index in [1.54, 1.807) is 24.3 Å². The molecule has 2 aromatic rings. The minimum absolute atomic E-state index is 0.0224. The quantitative estimate of drug-likeness (QED) is 0.519. The molecule has 0 spiro atoms. The lowest BCUT2D eigenvalue weighted by molar-refractivity contribution is -0.123. The zero-order chi connectivity index (χ0) is 24.8. The number of fused-ring (bicyclic) bond motifs is 1. The third-order valence-electron chi connectivity index (χ3n) is 6.83. The van der Waals surface area contributed by atoms with Crippen LogP contribution in [0, 0.1) is 5.92 Å². The second-order valence-corrected chi connectivity index (χ2v) is 10.9. The fourth-order valence-electron chi connectivity index (χ4n) is 4.52. The fraction of sp³-hybridized carbons (Fsp3) is 0.462. The first-order valence-corrected chi connectivity index (χ1v) is 13.9. The number of hydrogen-bond acceptors (Lipinski definition) is 6. The Kier molecular flexibility index (Phi) is 8.07. The van der Waals surface area contributed by atoms with Gasteiger partial charge in [0.25, 0.3) is 10.0 Å². The zero-order valence-corrected chi connectivity index (χ0v) is 21.3. The van der Waals surface area contributed by atoms with Gasteiger partial charge in [0.1, 0.15) is 11.9 Å². The summed E-state index contributed by atoms with van der Waals surface area (Å²) in [4.78, 5) is 22.7. The fourth-order valence-corrected chi connectivity index (χ4v) is 5.76. The van der Waals surface area contributed by atoms with Crippen molar-refractivity contribution >= 4 is 27.5 Å². The van der Waals surface area contributed by atoms with Crippen molar-refractivity contribution in [1.82, 2.24) is 14.9 Å². The van der Waals surface area contributed by atoms with Crippen molar-refractivity contribution in [3.63, 3.8) is 0 Å². The second kappa shape index (κ2) is 11.2. The van der Waals surface area contributed by atoms with E-state index in [1.807, 2.05) is 19.9 Å². The van der Waals surface area contributed by atoms with Crippen LogP contribution in [0.5, 0.6) is 0 Å². The average molecular weight is 498 g/mol. The van der Waals surface area contributed by atoms with Crippen molar-refractivity contribution in [2.45, 2.75) is 37.6 Å². The van der Waals surface area contributed by atoms with Crippen molar-refractivity contribution in [2.75, 3.05) is 44.2 Å². The summed E-state index contributed by atoms with van der Waals surface area (Å²) in [6.07, 6.45) is 1.62. The van der Waals surface area contributed by atoms with Crippen LogP contribution in [0.3, 0.4) is 0 Å². The first-order chi connectivity index (χ1) is 16.9. The van der Waals surface area contributed by atoms with Crippen LogP contribution in [-0.4, -0.2) is 70.4 Å². The maximum absolute atomic E-state index is 13.0. The normalized spacial score (nSPS) is 20.2. The molecule has 0 bridgehead atoms. The van der Waals surface area contributed by atoms with Crippen molar-refractivity contribution in [1.29, 1.82) is 0 Å². The number of hydrogen-bond donors (Lipinski definition) is 2. The molecule has 1 fully saturated rings. The zero-order valence-electron chi connectivity index (χ0n) is 20.5. The Morgan fingerprint density at radius 1 is 1.06 bits per heavy atom. The minimum atomic E-state index is -3.64. The SMILES string of the molecule is CC[C@H](C)[C@H](N=C1NS(=O)(=O)c2ccccc21)C(=O)NCCCN1CCN(c2ccccc2)CC1. The summed E-state index contributed by atoms with van der Waals surface area (Å²) in [6, 6.07) is 16.6. The molecule has 2 heterocycles. The number of nitrogens with one attached hydrogen (secondary N) is 2. The van der Waals surface area contributed by atoms with Crippen LogP contribution in [0.25, 0.3) is 0 Å². The van der Waals surface area contributed by atoms with Gasteiger partial charge in [-0.1, -0.05) is 50.6 Å². The molecule has 0 aliphatic carbocycles. The summed E-state index contributed by atoms with van der Waals surface area (Å²) in [5, 5.41) is 3.03. The first kappa shape index (κ1) is 25.2. The van der Waals surface area contributed by atoms with Gasteiger partial charge in [-0.3, -0.25) is 19.4 Å². The third kappa shape index (κ3) is 6.02. The molecule has 1 amide bonds. The van der Waals surface area contributed by atoms with E-state index in [9.17, 15) is 13.2 Å². The summed E-state index contributed by atoms with van der Waals surface area (Å²) >= 11 is 0. The molecule has 2 aliphatic rings. The van der Waals surface area contributed by atoms with E-state index in [4.69, 9.17) is 0 Å². The van der Waals surface area contributed by atoms with E-state index in [2.05, 4.69) is 49.1 Å². The molecule has 0 radical (unpaired) electrons. The van der Waals surface area contributed by atoms with E-state index in [1.165, 1.54) is 5.69 Å². The molecule has 188 valence electrons. The summed E-state index contributed by atoms with van der Waals surface area (Å²) in [5.41, 5.74) is 1.78.